The largest absolute Gasteiger partial charge is 0.506 e. The average molecular weight is 472 g/mol. The van der Waals surface area contributed by atoms with Gasteiger partial charge in [-0.3, -0.25) is 0 Å². The molecule has 8 nitrogen and oxygen atoms in total. The smallest absolute Gasteiger partial charge is 0.344 e. The van der Waals surface area contributed by atoms with Gasteiger partial charge in [0, 0.05) is 17.7 Å². The van der Waals surface area contributed by atoms with E-state index in [2.05, 4.69) is 4.99 Å². The van der Waals surface area contributed by atoms with Gasteiger partial charge in [-0.15, -0.1) is 0 Å². The maximum atomic E-state index is 12.7. The third-order valence-electron chi connectivity index (χ3n) is 4.71. The summed E-state index contributed by atoms with van der Waals surface area (Å²) in [6.07, 6.45) is 1.71. The van der Waals surface area contributed by atoms with Crippen LogP contribution in [0.2, 0.25) is 0 Å². The van der Waals surface area contributed by atoms with Crippen molar-refractivity contribution in [3.05, 3.63) is 58.2 Å². The van der Waals surface area contributed by atoms with Crippen molar-refractivity contribution in [2.24, 2.45) is 4.99 Å². The van der Waals surface area contributed by atoms with Gasteiger partial charge < -0.3 is 28.8 Å². The summed E-state index contributed by atoms with van der Waals surface area (Å²) in [5.74, 6) is 1.36. The molecule has 0 aliphatic carbocycles. The Labute approximate surface area is 196 Å². The summed E-state index contributed by atoms with van der Waals surface area (Å²) in [5.41, 5.74) is 1.15. The highest BCUT2D eigenvalue weighted by molar-refractivity contribution is 8.18. The molecule has 0 unspecified atom stereocenters. The molecule has 1 aliphatic rings. The Morgan fingerprint density at radius 1 is 0.970 bits per heavy atom. The maximum Gasteiger partial charge on any atom is 0.344 e. The Bertz CT molecular complexity index is 1140. The molecule has 0 saturated heterocycles. The van der Waals surface area contributed by atoms with Crippen molar-refractivity contribution in [2.45, 2.75) is 6.92 Å². The van der Waals surface area contributed by atoms with Crippen molar-refractivity contribution < 1.29 is 33.6 Å². The third kappa shape index (κ3) is 5.25. The van der Waals surface area contributed by atoms with Crippen LogP contribution >= 0.6 is 11.8 Å². The number of esters is 1. The highest BCUT2D eigenvalue weighted by Gasteiger charge is 2.33. The molecule has 3 rings (SSSR count). The molecule has 0 aromatic heterocycles. The number of carbonyl (C=O) groups is 1. The van der Waals surface area contributed by atoms with Crippen LogP contribution in [0.3, 0.4) is 0 Å². The number of nitrogens with zero attached hydrogens (tertiary/aromatic N) is 1. The monoisotopic (exact) mass is 471 g/mol. The molecular formula is C24H25NO7S. The van der Waals surface area contributed by atoms with Crippen LogP contribution in [0, 0.1) is 0 Å². The molecule has 0 spiro atoms. The van der Waals surface area contributed by atoms with E-state index in [0.717, 1.165) is 11.8 Å². The molecular weight excluding hydrogens is 446 g/mol. The standard InChI is InChI=1S/C24H25NO7S/c1-6-32-24(27)21-22(26)20(11-14-7-8-15(28-2)12-18(14)30-4)33-23(21)25-17-10-9-16(29-3)13-19(17)31-5/h7-13,26H,6H2,1-5H3. The van der Waals surface area contributed by atoms with Gasteiger partial charge in [0.1, 0.15) is 45.1 Å². The molecule has 9 heteroatoms. The first-order valence-corrected chi connectivity index (χ1v) is 10.8. The van der Waals surface area contributed by atoms with Crippen LogP contribution in [0.15, 0.2) is 57.6 Å². The van der Waals surface area contributed by atoms with Gasteiger partial charge in [-0.05, 0) is 37.3 Å². The fourth-order valence-corrected chi connectivity index (χ4v) is 4.08. The highest BCUT2D eigenvalue weighted by atomic mass is 32.2. The van der Waals surface area contributed by atoms with Crippen molar-refractivity contribution in [2.75, 3.05) is 35.0 Å². The number of thioether (sulfide) groups is 1. The van der Waals surface area contributed by atoms with Gasteiger partial charge in [-0.1, -0.05) is 11.8 Å². The topological polar surface area (TPSA) is 95.8 Å². The number of carbonyl (C=O) groups excluding carboxylic acids is 1. The Hall–Kier alpha value is -3.59. The van der Waals surface area contributed by atoms with Gasteiger partial charge in [-0.25, -0.2) is 9.79 Å². The lowest BCUT2D eigenvalue weighted by molar-refractivity contribution is -0.138. The van der Waals surface area contributed by atoms with Crippen molar-refractivity contribution in [1.29, 1.82) is 0 Å². The maximum absolute atomic E-state index is 12.7. The van der Waals surface area contributed by atoms with Crippen LogP contribution in [0.25, 0.3) is 6.08 Å². The van der Waals surface area contributed by atoms with E-state index in [1.807, 2.05) is 0 Å². The van der Waals surface area contributed by atoms with E-state index in [0.29, 0.717) is 39.2 Å². The fourth-order valence-electron chi connectivity index (χ4n) is 3.06. The Kier molecular flexibility index (Phi) is 7.89. The van der Waals surface area contributed by atoms with E-state index in [9.17, 15) is 9.90 Å². The number of aliphatic imine (C=N–C) groups is 1. The van der Waals surface area contributed by atoms with Crippen LogP contribution < -0.4 is 18.9 Å². The zero-order valence-corrected chi connectivity index (χ0v) is 19.8. The minimum atomic E-state index is -0.668. The molecule has 0 bridgehead atoms. The normalized spacial score (nSPS) is 15.7. The lowest BCUT2D eigenvalue weighted by Gasteiger charge is -2.09. The summed E-state index contributed by atoms with van der Waals surface area (Å²) in [6.45, 7) is 1.85. The van der Waals surface area contributed by atoms with Crippen LogP contribution in [-0.4, -0.2) is 51.2 Å². The second-order valence-corrected chi connectivity index (χ2v) is 7.65. The number of ether oxygens (including phenoxy) is 5. The number of hydrogen-bond donors (Lipinski definition) is 1. The van der Waals surface area contributed by atoms with Gasteiger partial charge >= 0.3 is 5.97 Å². The lowest BCUT2D eigenvalue weighted by Crippen LogP contribution is -2.12. The number of aliphatic hydroxyl groups excluding tert-OH is 1. The quantitative estimate of drug-likeness (QED) is 0.543. The van der Waals surface area contributed by atoms with Gasteiger partial charge in [0.15, 0.2) is 0 Å². The van der Waals surface area contributed by atoms with E-state index < -0.39 is 5.97 Å². The summed E-state index contributed by atoms with van der Waals surface area (Å²) in [5, 5.41) is 11.2. The molecule has 33 heavy (non-hydrogen) atoms. The minimum absolute atomic E-state index is 0.0153. The van der Waals surface area contributed by atoms with Crippen molar-refractivity contribution in [3.8, 4) is 23.0 Å². The van der Waals surface area contributed by atoms with E-state index in [4.69, 9.17) is 23.7 Å². The predicted molar refractivity (Wildman–Crippen MR) is 128 cm³/mol. The van der Waals surface area contributed by atoms with E-state index in [1.165, 1.54) is 7.11 Å². The zero-order chi connectivity index (χ0) is 24.0. The van der Waals surface area contributed by atoms with Crippen LogP contribution in [-0.2, 0) is 9.53 Å². The van der Waals surface area contributed by atoms with Crippen molar-refractivity contribution in [3.63, 3.8) is 0 Å². The molecule has 0 amide bonds. The molecule has 0 saturated carbocycles. The van der Waals surface area contributed by atoms with Crippen LogP contribution in [0.4, 0.5) is 5.69 Å². The molecule has 0 fully saturated rings. The van der Waals surface area contributed by atoms with Gasteiger partial charge in [0.05, 0.1) is 40.0 Å². The molecule has 1 aliphatic heterocycles. The van der Waals surface area contributed by atoms with E-state index >= 15 is 0 Å². The second kappa shape index (κ2) is 10.8. The average Bonchev–Trinajstić information content (AvgIpc) is 3.14. The van der Waals surface area contributed by atoms with Gasteiger partial charge in [0.2, 0.25) is 0 Å². The first-order chi connectivity index (χ1) is 15.9. The Morgan fingerprint density at radius 3 is 2.21 bits per heavy atom. The van der Waals surface area contributed by atoms with E-state index in [-0.39, 0.29) is 23.0 Å². The third-order valence-corrected chi connectivity index (χ3v) is 5.73. The molecule has 1 heterocycles. The molecule has 174 valence electrons. The Balaban J connectivity index is 2.10. The molecule has 0 radical (unpaired) electrons. The number of rotatable bonds is 8. The SMILES string of the molecule is CCOC(=O)C1=C(O)C(=Cc2ccc(OC)cc2OC)SC1=Nc1ccc(OC)cc1OC. The number of aliphatic hydroxyl groups is 1. The fraction of sp³-hybridized carbons (Fsp3) is 0.250. The predicted octanol–water partition coefficient (Wildman–Crippen LogP) is 4.91. The Morgan fingerprint density at radius 2 is 1.61 bits per heavy atom. The first-order valence-electron chi connectivity index (χ1n) is 9.99. The number of benzene rings is 2. The van der Waals surface area contributed by atoms with Gasteiger partial charge in [-0.2, -0.15) is 0 Å². The second-order valence-electron chi connectivity index (χ2n) is 6.62. The van der Waals surface area contributed by atoms with Crippen LogP contribution in [0.5, 0.6) is 23.0 Å². The van der Waals surface area contributed by atoms with Crippen molar-refractivity contribution >= 4 is 34.5 Å². The van der Waals surface area contributed by atoms with E-state index in [1.54, 1.807) is 70.7 Å². The molecule has 2 aromatic rings. The summed E-state index contributed by atoms with van der Waals surface area (Å²) in [4.78, 5) is 17.7. The van der Waals surface area contributed by atoms with Crippen LogP contribution in [0.1, 0.15) is 12.5 Å². The first kappa shape index (κ1) is 24.1. The minimum Gasteiger partial charge on any atom is -0.506 e. The molecule has 0 atom stereocenters. The summed E-state index contributed by atoms with van der Waals surface area (Å²) < 4.78 is 26.5. The highest BCUT2D eigenvalue weighted by Crippen LogP contribution is 2.43. The number of methoxy groups -OCH3 is 4. The molecule has 1 N–H and O–H groups in total. The zero-order valence-electron chi connectivity index (χ0n) is 19.0. The van der Waals surface area contributed by atoms with Gasteiger partial charge in [0.25, 0.3) is 0 Å². The van der Waals surface area contributed by atoms with Crippen molar-refractivity contribution in [1.82, 2.24) is 0 Å². The summed E-state index contributed by atoms with van der Waals surface area (Å²) in [6, 6.07) is 10.4. The lowest BCUT2D eigenvalue weighted by atomic mass is 10.1. The summed E-state index contributed by atoms with van der Waals surface area (Å²) >= 11 is 1.14. The summed E-state index contributed by atoms with van der Waals surface area (Å²) in [7, 11) is 6.18. The molecule has 2 aromatic carbocycles. The number of hydrogen-bond acceptors (Lipinski definition) is 9.